The van der Waals surface area contributed by atoms with E-state index in [1.165, 1.54) is 16.4 Å². The number of hydrogen-bond acceptors (Lipinski definition) is 6. The maximum atomic E-state index is 13.4. The second kappa shape index (κ2) is 10.0. The summed E-state index contributed by atoms with van der Waals surface area (Å²) >= 11 is 0. The average Bonchev–Trinajstić information content (AvgIpc) is 2.86. The third kappa shape index (κ3) is 5.09. The van der Waals surface area contributed by atoms with Crippen molar-refractivity contribution in [1.82, 2.24) is 5.32 Å². The molecule has 1 unspecified atom stereocenters. The van der Waals surface area contributed by atoms with Crippen LogP contribution >= 0.6 is 0 Å². The Balaban J connectivity index is 1.46. The minimum atomic E-state index is -3.89. The molecule has 0 saturated carbocycles. The summed E-state index contributed by atoms with van der Waals surface area (Å²) in [6.45, 7) is 2.19. The first-order valence-corrected chi connectivity index (χ1v) is 12.2. The number of methoxy groups -OCH3 is 1. The highest BCUT2D eigenvalue weighted by Crippen LogP contribution is 2.37. The van der Waals surface area contributed by atoms with Crippen molar-refractivity contribution in [2.75, 3.05) is 31.1 Å². The van der Waals surface area contributed by atoms with Gasteiger partial charge in [-0.15, -0.1) is 0 Å². The zero-order valence-electron chi connectivity index (χ0n) is 18.9. The largest absolute Gasteiger partial charge is 0.497 e. The smallest absolute Gasteiger partial charge is 0.264 e. The number of aryl methyl sites for hydroxylation is 1. The van der Waals surface area contributed by atoms with Gasteiger partial charge in [-0.3, -0.25) is 9.10 Å². The lowest BCUT2D eigenvalue weighted by Crippen LogP contribution is -2.51. The quantitative estimate of drug-likeness (QED) is 0.496. The van der Waals surface area contributed by atoms with Crippen LogP contribution in [-0.2, 0) is 14.8 Å². The number of nitrogens with zero attached hydrogens (tertiary/aromatic N) is 1. The molecule has 0 aliphatic carbocycles. The average molecular weight is 483 g/mol. The molecule has 0 spiro atoms. The van der Waals surface area contributed by atoms with Crippen molar-refractivity contribution in [1.29, 1.82) is 0 Å². The Morgan fingerprint density at radius 2 is 1.82 bits per heavy atom. The zero-order valence-corrected chi connectivity index (χ0v) is 19.7. The van der Waals surface area contributed by atoms with Crippen molar-refractivity contribution < 1.29 is 27.4 Å². The van der Waals surface area contributed by atoms with Crippen molar-refractivity contribution in [3.05, 3.63) is 78.4 Å². The number of sulfonamides is 1. The maximum Gasteiger partial charge on any atom is 0.264 e. The molecule has 0 bridgehead atoms. The molecule has 1 aliphatic heterocycles. The van der Waals surface area contributed by atoms with Crippen molar-refractivity contribution in [2.45, 2.75) is 17.9 Å². The van der Waals surface area contributed by atoms with Gasteiger partial charge < -0.3 is 19.5 Å². The van der Waals surface area contributed by atoms with Gasteiger partial charge in [-0.1, -0.05) is 30.3 Å². The number of benzene rings is 3. The second-order valence-electron chi connectivity index (χ2n) is 7.75. The monoisotopic (exact) mass is 482 g/mol. The third-order valence-electron chi connectivity index (χ3n) is 5.32. The lowest BCUT2D eigenvalue weighted by Gasteiger charge is -2.35. The summed E-state index contributed by atoms with van der Waals surface area (Å²) in [4.78, 5) is 13.0. The van der Waals surface area contributed by atoms with E-state index in [1.807, 2.05) is 25.1 Å². The molecule has 1 atom stereocenters. The van der Waals surface area contributed by atoms with Crippen LogP contribution < -0.4 is 23.8 Å². The molecule has 1 amide bonds. The molecule has 3 aromatic rings. The minimum Gasteiger partial charge on any atom is -0.497 e. The van der Waals surface area contributed by atoms with Crippen molar-refractivity contribution in [2.24, 2.45) is 0 Å². The highest BCUT2D eigenvalue weighted by Gasteiger charge is 2.37. The first-order valence-electron chi connectivity index (χ1n) is 10.8. The van der Waals surface area contributed by atoms with E-state index in [2.05, 4.69) is 5.32 Å². The summed E-state index contributed by atoms with van der Waals surface area (Å²) in [5, 5.41) is 2.77. The summed E-state index contributed by atoms with van der Waals surface area (Å²) in [5.41, 5.74) is 1.29. The molecular weight excluding hydrogens is 456 g/mol. The van der Waals surface area contributed by atoms with Crippen molar-refractivity contribution in [3.8, 4) is 17.2 Å². The zero-order chi connectivity index (χ0) is 24.1. The van der Waals surface area contributed by atoms with Gasteiger partial charge in [-0.05, 0) is 48.9 Å². The van der Waals surface area contributed by atoms with E-state index in [0.717, 1.165) is 5.56 Å². The van der Waals surface area contributed by atoms with Crippen LogP contribution in [0.3, 0.4) is 0 Å². The van der Waals surface area contributed by atoms with Crippen LogP contribution in [0, 0.1) is 6.92 Å². The number of ether oxygens (including phenoxy) is 3. The highest BCUT2D eigenvalue weighted by atomic mass is 32.2. The first kappa shape index (κ1) is 23.4. The molecule has 178 valence electrons. The van der Waals surface area contributed by atoms with Crippen LogP contribution in [0.1, 0.15) is 5.56 Å². The van der Waals surface area contributed by atoms with E-state index in [0.29, 0.717) is 22.9 Å². The summed E-state index contributed by atoms with van der Waals surface area (Å²) < 4.78 is 44.7. The van der Waals surface area contributed by atoms with Gasteiger partial charge in [0, 0.05) is 6.07 Å². The molecule has 4 rings (SSSR count). The summed E-state index contributed by atoms with van der Waals surface area (Å²) in [7, 11) is -2.31. The lowest BCUT2D eigenvalue weighted by molar-refractivity contribution is -0.127. The predicted molar refractivity (Wildman–Crippen MR) is 128 cm³/mol. The fourth-order valence-corrected chi connectivity index (χ4v) is 5.09. The van der Waals surface area contributed by atoms with Gasteiger partial charge >= 0.3 is 0 Å². The number of hydrogen-bond donors (Lipinski definition) is 1. The normalized spacial score (nSPS) is 15.1. The number of carbonyl (C=O) groups is 1. The molecule has 1 N–H and O–H groups in total. The third-order valence-corrected chi connectivity index (χ3v) is 7.11. The molecule has 34 heavy (non-hydrogen) atoms. The number of amides is 1. The Hall–Kier alpha value is -3.72. The number of carbonyl (C=O) groups excluding carboxylic acids is 1. The van der Waals surface area contributed by atoms with Crippen LogP contribution in [0.2, 0.25) is 0 Å². The summed E-state index contributed by atoms with van der Waals surface area (Å²) in [6, 6.07) is 20.5. The molecule has 3 aromatic carbocycles. The maximum absolute atomic E-state index is 13.4. The van der Waals surface area contributed by atoms with E-state index in [1.54, 1.807) is 49.6 Å². The van der Waals surface area contributed by atoms with Gasteiger partial charge in [0.05, 0.1) is 30.8 Å². The first-order chi connectivity index (χ1) is 16.4. The summed E-state index contributed by atoms with van der Waals surface area (Å²) in [6.07, 6.45) is -1.01. The van der Waals surface area contributed by atoms with Crippen molar-refractivity contribution >= 4 is 21.6 Å². The molecule has 1 aliphatic rings. The Bertz CT molecular complexity index is 1260. The number of fused-ring (bicyclic) bond motifs is 1. The molecule has 0 fully saturated rings. The van der Waals surface area contributed by atoms with Crippen LogP contribution in [0.25, 0.3) is 0 Å². The van der Waals surface area contributed by atoms with E-state index in [-0.39, 0.29) is 24.6 Å². The fraction of sp³-hybridized carbons (Fsp3) is 0.240. The number of nitrogens with one attached hydrogen (secondary N) is 1. The van der Waals surface area contributed by atoms with Gasteiger partial charge in [0.25, 0.3) is 15.9 Å². The summed E-state index contributed by atoms with van der Waals surface area (Å²) in [5.74, 6) is 1.21. The van der Waals surface area contributed by atoms with Crippen molar-refractivity contribution in [3.63, 3.8) is 0 Å². The number of anilines is 1. The van der Waals surface area contributed by atoms with E-state index < -0.39 is 22.0 Å². The van der Waals surface area contributed by atoms with E-state index in [9.17, 15) is 13.2 Å². The van der Waals surface area contributed by atoms with Crippen LogP contribution in [0.4, 0.5) is 5.69 Å². The highest BCUT2D eigenvalue weighted by molar-refractivity contribution is 7.92. The van der Waals surface area contributed by atoms with Gasteiger partial charge in [0.1, 0.15) is 23.9 Å². The van der Waals surface area contributed by atoms with Gasteiger partial charge in [0.15, 0.2) is 6.10 Å². The van der Waals surface area contributed by atoms with Crippen LogP contribution in [0.15, 0.2) is 77.7 Å². The molecule has 0 aromatic heterocycles. The minimum absolute atomic E-state index is 0.143. The Morgan fingerprint density at radius 3 is 2.59 bits per heavy atom. The standard InChI is InChI=1S/C25H26N2O6S/c1-18-11-12-22-23(15-18)33-24(17-27(22)34(29,30)21-9-4-3-5-10-21)25(28)26-13-14-32-20-8-6-7-19(16-20)31-2/h3-12,15-16,24H,13-14,17H2,1-2H3,(H,26,28). The Morgan fingerprint density at radius 1 is 1.06 bits per heavy atom. The topological polar surface area (TPSA) is 94.2 Å². The number of rotatable bonds is 8. The molecule has 0 saturated heterocycles. The van der Waals surface area contributed by atoms with Gasteiger partial charge in [0.2, 0.25) is 0 Å². The fourth-order valence-electron chi connectivity index (χ4n) is 3.59. The van der Waals surface area contributed by atoms with Gasteiger partial charge in [-0.2, -0.15) is 0 Å². The predicted octanol–water partition coefficient (Wildman–Crippen LogP) is 3.16. The molecule has 1 heterocycles. The van der Waals surface area contributed by atoms with E-state index in [4.69, 9.17) is 14.2 Å². The van der Waals surface area contributed by atoms with Gasteiger partial charge in [-0.25, -0.2) is 8.42 Å². The van der Waals surface area contributed by atoms with Crippen LogP contribution in [0.5, 0.6) is 17.2 Å². The lowest BCUT2D eigenvalue weighted by atomic mass is 10.1. The second-order valence-corrected chi connectivity index (χ2v) is 9.61. The Labute approximate surface area is 199 Å². The molecule has 8 nitrogen and oxygen atoms in total. The molecule has 0 radical (unpaired) electrons. The SMILES string of the molecule is COc1cccc(OCCNC(=O)C2CN(S(=O)(=O)c3ccccc3)c3ccc(C)cc3O2)c1. The molecule has 9 heteroatoms. The van der Waals surface area contributed by atoms with E-state index >= 15 is 0 Å². The Kier molecular flexibility index (Phi) is 6.93. The molecular formula is C25H26N2O6S. The van der Waals surface area contributed by atoms with Crippen LogP contribution in [-0.4, -0.2) is 47.2 Å².